The van der Waals surface area contributed by atoms with E-state index in [1.807, 2.05) is 49.6 Å². The van der Waals surface area contributed by atoms with Gasteiger partial charge in [0.05, 0.1) is 4.90 Å². The van der Waals surface area contributed by atoms with Crippen LogP contribution in [-0.4, -0.2) is 25.3 Å². The first-order chi connectivity index (χ1) is 13.3. The van der Waals surface area contributed by atoms with Gasteiger partial charge >= 0.3 is 0 Å². The first-order valence-electron chi connectivity index (χ1n) is 9.51. The summed E-state index contributed by atoms with van der Waals surface area (Å²) in [5, 5.41) is 2.88. The number of nitrogens with one attached hydrogen (secondary N) is 1. The van der Waals surface area contributed by atoms with Gasteiger partial charge in [0.1, 0.15) is 0 Å². The standard InChI is InChI=1S/C22H27NO3S2/c1-16-6-7-17(2)20(14-16)28(25,26)22(12-4-5-13-22)21(24)23-19-10-8-18(9-11-19)15-27-3/h6-11,14H,4-5,12-13,15H2,1-3H3,(H,23,24). The van der Waals surface area contributed by atoms with Crippen molar-refractivity contribution in [2.24, 2.45) is 0 Å². The van der Waals surface area contributed by atoms with Crippen molar-refractivity contribution in [2.45, 2.75) is 54.9 Å². The van der Waals surface area contributed by atoms with Crippen LogP contribution in [0.25, 0.3) is 0 Å². The molecule has 0 atom stereocenters. The largest absolute Gasteiger partial charge is 0.325 e. The Morgan fingerprint density at radius 1 is 1.07 bits per heavy atom. The van der Waals surface area contributed by atoms with Crippen LogP contribution in [0.1, 0.15) is 42.4 Å². The Kier molecular flexibility index (Phi) is 6.20. The van der Waals surface area contributed by atoms with Gasteiger partial charge in [-0.25, -0.2) is 8.42 Å². The van der Waals surface area contributed by atoms with E-state index in [9.17, 15) is 13.2 Å². The Labute approximate surface area is 172 Å². The molecule has 0 unspecified atom stereocenters. The fraction of sp³-hybridized carbons (Fsp3) is 0.409. The van der Waals surface area contributed by atoms with Crippen molar-refractivity contribution in [2.75, 3.05) is 11.6 Å². The summed E-state index contributed by atoms with van der Waals surface area (Å²) in [6.07, 6.45) is 4.24. The molecule has 0 radical (unpaired) electrons. The molecule has 1 aliphatic carbocycles. The number of carbonyl (C=O) groups is 1. The van der Waals surface area contributed by atoms with Crippen molar-refractivity contribution >= 4 is 33.2 Å². The number of thioether (sulfide) groups is 1. The van der Waals surface area contributed by atoms with Gasteiger partial charge < -0.3 is 5.32 Å². The van der Waals surface area contributed by atoms with E-state index in [1.54, 1.807) is 24.8 Å². The van der Waals surface area contributed by atoms with Gasteiger partial charge in [0, 0.05) is 11.4 Å². The summed E-state index contributed by atoms with van der Waals surface area (Å²) < 4.78 is 25.9. The Hall–Kier alpha value is -1.79. The summed E-state index contributed by atoms with van der Waals surface area (Å²) in [6, 6.07) is 13.0. The molecule has 0 heterocycles. The van der Waals surface area contributed by atoms with Crippen molar-refractivity contribution in [1.82, 2.24) is 0 Å². The van der Waals surface area contributed by atoms with E-state index in [0.717, 1.165) is 24.2 Å². The van der Waals surface area contributed by atoms with E-state index in [0.29, 0.717) is 24.1 Å². The molecule has 0 aromatic heterocycles. The van der Waals surface area contributed by atoms with E-state index in [4.69, 9.17) is 0 Å². The molecular weight excluding hydrogens is 390 g/mol. The Morgan fingerprint density at radius 3 is 2.32 bits per heavy atom. The molecule has 0 aliphatic heterocycles. The smallest absolute Gasteiger partial charge is 0.246 e. The molecule has 0 bridgehead atoms. The number of carbonyl (C=O) groups excluding carboxylic acids is 1. The molecule has 2 aromatic rings. The van der Waals surface area contributed by atoms with Crippen LogP contribution in [0.4, 0.5) is 5.69 Å². The average Bonchev–Trinajstić information content (AvgIpc) is 3.17. The maximum Gasteiger partial charge on any atom is 0.246 e. The minimum absolute atomic E-state index is 0.278. The van der Waals surface area contributed by atoms with Gasteiger partial charge in [0.25, 0.3) is 0 Å². The summed E-state index contributed by atoms with van der Waals surface area (Å²) in [4.78, 5) is 13.5. The minimum Gasteiger partial charge on any atom is -0.325 e. The molecule has 1 saturated carbocycles. The van der Waals surface area contributed by atoms with Crippen LogP contribution in [0, 0.1) is 13.8 Å². The van der Waals surface area contributed by atoms with Crippen LogP contribution < -0.4 is 5.32 Å². The van der Waals surface area contributed by atoms with Crippen molar-refractivity contribution in [1.29, 1.82) is 0 Å². The Balaban J connectivity index is 1.95. The molecule has 0 saturated heterocycles. The molecule has 4 nitrogen and oxygen atoms in total. The highest BCUT2D eigenvalue weighted by Gasteiger charge is 2.53. The van der Waals surface area contributed by atoms with Crippen LogP contribution in [0.15, 0.2) is 47.4 Å². The highest BCUT2D eigenvalue weighted by atomic mass is 32.2. The van der Waals surface area contributed by atoms with Gasteiger partial charge in [-0.3, -0.25) is 4.79 Å². The SMILES string of the molecule is CSCc1ccc(NC(=O)C2(S(=O)(=O)c3cc(C)ccc3C)CCCC2)cc1. The molecule has 150 valence electrons. The molecular formula is C22H27NO3S2. The molecule has 28 heavy (non-hydrogen) atoms. The second-order valence-electron chi connectivity index (χ2n) is 7.56. The monoisotopic (exact) mass is 417 g/mol. The third-order valence-electron chi connectivity index (χ3n) is 5.50. The van der Waals surface area contributed by atoms with Crippen molar-refractivity contribution in [3.05, 3.63) is 59.2 Å². The summed E-state index contributed by atoms with van der Waals surface area (Å²) >= 11 is 1.73. The predicted molar refractivity (Wildman–Crippen MR) is 117 cm³/mol. The number of anilines is 1. The average molecular weight is 418 g/mol. The van der Waals surface area contributed by atoms with Crippen LogP contribution in [0.3, 0.4) is 0 Å². The third-order valence-corrected chi connectivity index (χ3v) is 8.76. The van der Waals surface area contributed by atoms with Crippen LogP contribution in [-0.2, 0) is 20.4 Å². The van der Waals surface area contributed by atoms with Crippen LogP contribution in [0.5, 0.6) is 0 Å². The Bertz CT molecular complexity index is 960. The minimum atomic E-state index is -3.80. The lowest BCUT2D eigenvalue weighted by Gasteiger charge is -2.28. The van der Waals surface area contributed by atoms with Gasteiger partial charge in [-0.1, -0.05) is 37.1 Å². The fourth-order valence-electron chi connectivity index (χ4n) is 3.87. The van der Waals surface area contributed by atoms with Gasteiger partial charge in [-0.15, -0.1) is 0 Å². The predicted octanol–water partition coefficient (Wildman–Crippen LogP) is 4.89. The zero-order chi connectivity index (χ0) is 20.4. The molecule has 1 amide bonds. The highest BCUT2D eigenvalue weighted by molar-refractivity contribution is 7.97. The van der Waals surface area contributed by atoms with Crippen LogP contribution >= 0.6 is 11.8 Å². The number of benzene rings is 2. The molecule has 0 spiro atoms. The quantitative estimate of drug-likeness (QED) is 0.727. The van der Waals surface area contributed by atoms with Gasteiger partial charge in [-0.2, -0.15) is 11.8 Å². The lowest BCUT2D eigenvalue weighted by atomic mass is 10.1. The van der Waals surface area contributed by atoms with E-state index in [2.05, 4.69) is 5.32 Å². The second kappa shape index (κ2) is 8.29. The molecule has 3 rings (SSSR count). The van der Waals surface area contributed by atoms with Crippen molar-refractivity contribution in [3.63, 3.8) is 0 Å². The lowest BCUT2D eigenvalue weighted by Crippen LogP contribution is -2.47. The van der Waals surface area contributed by atoms with Crippen LogP contribution in [0.2, 0.25) is 0 Å². The number of hydrogen-bond acceptors (Lipinski definition) is 4. The van der Waals surface area contributed by atoms with Gasteiger partial charge in [0.2, 0.25) is 5.91 Å². The Morgan fingerprint density at radius 2 is 1.71 bits per heavy atom. The maximum atomic E-state index is 13.6. The van der Waals surface area contributed by atoms with Crippen molar-refractivity contribution < 1.29 is 13.2 Å². The van der Waals surface area contributed by atoms with Gasteiger partial charge in [0.15, 0.2) is 14.6 Å². The zero-order valence-electron chi connectivity index (χ0n) is 16.6. The summed E-state index contributed by atoms with van der Waals surface area (Å²) in [7, 11) is -3.80. The van der Waals surface area contributed by atoms with E-state index in [1.165, 1.54) is 5.56 Å². The zero-order valence-corrected chi connectivity index (χ0v) is 18.3. The number of aryl methyl sites for hydroxylation is 2. The number of sulfone groups is 1. The lowest BCUT2D eigenvalue weighted by molar-refractivity contribution is -0.118. The number of rotatable bonds is 6. The molecule has 2 aromatic carbocycles. The molecule has 1 fully saturated rings. The first kappa shape index (κ1) is 20.9. The number of amides is 1. The maximum absolute atomic E-state index is 13.6. The summed E-state index contributed by atoms with van der Waals surface area (Å²) in [6.45, 7) is 3.66. The second-order valence-corrected chi connectivity index (χ2v) is 10.7. The summed E-state index contributed by atoms with van der Waals surface area (Å²) in [5.41, 5.74) is 3.37. The summed E-state index contributed by atoms with van der Waals surface area (Å²) in [5.74, 6) is 0.489. The fourth-order valence-corrected chi connectivity index (χ4v) is 6.77. The topological polar surface area (TPSA) is 63.2 Å². The van der Waals surface area contributed by atoms with E-state index >= 15 is 0 Å². The normalized spacial score (nSPS) is 16.1. The van der Waals surface area contributed by atoms with E-state index < -0.39 is 20.5 Å². The number of hydrogen-bond donors (Lipinski definition) is 1. The molecule has 6 heteroatoms. The van der Waals surface area contributed by atoms with Gasteiger partial charge in [-0.05, 0) is 67.8 Å². The third kappa shape index (κ3) is 3.85. The molecule has 1 aliphatic rings. The first-order valence-corrected chi connectivity index (χ1v) is 12.4. The van der Waals surface area contributed by atoms with Crippen molar-refractivity contribution in [3.8, 4) is 0 Å². The van der Waals surface area contributed by atoms with E-state index in [-0.39, 0.29) is 4.90 Å². The molecule has 1 N–H and O–H groups in total. The highest BCUT2D eigenvalue weighted by Crippen LogP contribution is 2.42.